The Kier molecular flexibility index (Phi) is 4.26. The number of hydrogen-bond acceptors (Lipinski definition) is 3. The van der Waals surface area contributed by atoms with Gasteiger partial charge in [0.05, 0.1) is 4.92 Å². The molecular weight excluding hydrogens is 347 g/mol. The summed E-state index contributed by atoms with van der Waals surface area (Å²) in [5.41, 5.74) is 4.81. The van der Waals surface area contributed by atoms with Gasteiger partial charge in [0.25, 0.3) is 5.69 Å². The van der Waals surface area contributed by atoms with Gasteiger partial charge >= 0.3 is 0 Å². The second kappa shape index (κ2) is 6.61. The molecule has 1 amide bonds. The van der Waals surface area contributed by atoms with Crippen molar-refractivity contribution in [2.45, 2.75) is 26.2 Å². The number of allylic oxidation sites excluding steroid dienone is 1. The summed E-state index contributed by atoms with van der Waals surface area (Å²) in [6, 6.07) is 9.17. The predicted molar refractivity (Wildman–Crippen MR) is 101 cm³/mol. The minimum atomic E-state index is -0.449. The average Bonchev–Trinajstić information content (AvgIpc) is 2.91. The number of nitro groups is 1. The van der Waals surface area contributed by atoms with Gasteiger partial charge in [-0.25, -0.2) is 4.39 Å². The van der Waals surface area contributed by atoms with E-state index in [1.54, 1.807) is 12.1 Å². The van der Waals surface area contributed by atoms with Crippen molar-refractivity contribution in [3.63, 3.8) is 0 Å². The molecule has 4 rings (SSSR count). The molecule has 2 aromatic carbocycles. The molecule has 1 fully saturated rings. The van der Waals surface area contributed by atoms with E-state index in [9.17, 15) is 19.3 Å². The third-order valence-electron chi connectivity index (χ3n) is 5.56. The number of hydrogen-bond donors (Lipinski definition) is 1. The summed E-state index contributed by atoms with van der Waals surface area (Å²) in [5, 5.41) is 13.8. The van der Waals surface area contributed by atoms with Gasteiger partial charge in [-0.15, -0.1) is 0 Å². The first-order valence-electron chi connectivity index (χ1n) is 8.99. The van der Waals surface area contributed by atoms with E-state index in [1.807, 2.05) is 6.92 Å². The van der Waals surface area contributed by atoms with Crippen molar-refractivity contribution in [2.24, 2.45) is 5.92 Å². The van der Waals surface area contributed by atoms with Crippen molar-refractivity contribution >= 4 is 17.2 Å². The number of nitro benzene ring substituents is 1. The lowest BCUT2D eigenvalue weighted by atomic mass is 9.87. The first-order chi connectivity index (χ1) is 12.9. The van der Waals surface area contributed by atoms with Crippen molar-refractivity contribution in [1.82, 2.24) is 5.32 Å². The van der Waals surface area contributed by atoms with Crippen LogP contribution in [0.2, 0.25) is 0 Å². The zero-order valence-corrected chi connectivity index (χ0v) is 14.9. The van der Waals surface area contributed by atoms with Crippen LogP contribution in [-0.2, 0) is 11.2 Å². The molecule has 6 heteroatoms. The third kappa shape index (κ3) is 3.12. The number of fused-ring (bicyclic) bond motifs is 3. The Hall–Kier alpha value is -3.02. The fourth-order valence-corrected chi connectivity index (χ4v) is 4.14. The van der Waals surface area contributed by atoms with Crippen molar-refractivity contribution in [2.75, 3.05) is 6.54 Å². The molecule has 1 saturated heterocycles. The number of halogens is 1. The molecule has 27 heavy (non-hydrogen) atoms. The number of amides is 1. The van der Waals surface area contributed by atoms with Crippen LogP contribution in [0.25, 0.3) is 16.7 Å². The van der Waals surface area contributed by atoms with E-state index in [-0.39, 0.29) is 17.4 Å². The fourth-order valence-electron chi connectivity index (χ4n) is 4.14. The number of nitrogens with zero attached hydrogens (tertiary/aromatic N) is 1. The van der Waals surface area contributed by atoms with E-state index in [0.29, 0.717) is 18.9 Å². The van der Waals surface area contributed by atoms with Crippen molar-refractivity contribution in [3.05, 3.63) is 69.0 Å². The highest BCUT2D eigenvalue weighted by Crippen LogP contribution is 2.40. The van der Waals surface area contributed by atoms with Crippen LogP contribution in [0.4, 0.5) is 10.1 Å². The Morgan fingerprint density at radius 1 is 1.15 bits per heavy atom. The fraction of sp³-hybridized carbons (Fsp3) is 0.286. The maximum atomic E-state index is 14.4. The molecule has 1 N–H and O–H groups in total. The van der Waals surface area contributed by atoms with Gasteiger partial charge in [-0.1, -0.05) is 0 Å². The summed E-state index contributed by atoms with van der Waals surface area (Å²) < 4.78 is 14.4. The number of carbonyl (C=O) groups is 1. The summed E-state index contributed by atoms with van der Waals surface area (Å²) in [7, 11) is 0. The molecule has 1 heterocycles. The summed E-state index contributed by atoms with van der Waals surface area (Å²) >= 11 is 0. The Morgan fingerprint density at radius 2 is 1.85 bits per heavy atom. The molecule has 1 aliphatic heterocycles. The number of nitrogens with one attached hydrogen (secondary N) is 1. The molecule has 2 bridgehead atoms. The first kappa shape index (κ1) is 17.4. The maximum absolute atomic E-state index is 14.4. The lowest BCUT2D eigenvalue weighted by Gasteiger charge is -2.18. The molecule has 138 valence electrons. The van der Waals surface area contributed by atoms with Gasteiger partial charge in [0, 0.05) is 24.3 Å². The van der Waals surface area contributed by atoms with Gasteiger partial charge in [-0.05, 0) is 84.2 Å². The number of carbonyl (C=O) groups excluding carboxylic acids is 1. The molecule has 0 saturated carbocycles. The van der Waals surface area contributed by atoms with Gasteiger partial charge in [0.2, 0.25) is 5.91 Å². The zero-order chi connectivity index (χ0) is 19.1. The molecule has 2 aromatic rings. The Bertz CT molecular complexity index is 980. The van der Waals surface area contributed by atoms with Gasteiger partial charge in [0.1, 0.15) is 5.82 Å². The average molecular weight is 366 g/mol. The molecular formula is C21H19FN2O3. The van der Waals surface area contributed by atoms with Crippen LogP contribution in [-0.4, -0.2) is 17.4 Å². The molecule has 0 aromatic heterocycles. The summed E-state index contributed by atoms with van der Waals surface area (Å²) in [6.45, 7) is 2.52. The summed E-state index contributed by atoms with van der Waals surface area (Å²) in [6.07, 6.45) is 2.31. The first-order valence-corrected chi connectivity index (χ1v) is 8.99. The number of rotatable bonds is 2. The van der Waals surface area contributed by atoms with Gasteiger partial charge < -0.3 is 5.32 Å². The highest BCUT2D eigenvalue weighted by Gasteiger charge is 2.29. The Balaban J connectivity index is 1.91. The van der Waals surface area contributed by atoms with Crippen LogP contribution in [0.5, 0.6) is 0 Å². The van der Waals surface area contributed by atoms with Crippen LogP contribution >= 0.6 is 0 Å². The van der Waals surface area contributed by atoms with Crippen molar-refractivity contribution in [3.8, 4) is 11.1 Å². The predicted octanol–water partition coefficient (Wildman–Crippen LogP) is 4.26. The molecule has 0 spiro atoms. The van der Waals surface area contributed by atoms with E-state index in [2.05, 4.69) is 5.32 Å². The maximum Gasteiger partial charge on any atom is 0.269 e. The molecule has 1 atom stereocenters. The monoisotopic (exact) mass is 366 g/mol. The van der Waals surface area contributed by atoms with Crippen LogP contribution < -0.4 is 5.32 Å². The lowest BCUT2D eigenvalue weighted by molar-refractivity contribution is -0.384. The third-order valence-corrected chi connectivity index (χ3v) is 5.56. The van der Waals surface area contributed by atoms with Crippen molar-refractivity contribution < 1.29 is 14.1 Å². The van der Waals surface area contributed by atoms with Gasteiger partial charge in [-0.3, -0.25) is 14.9 Å². The van der Waals surface area contributed by atoms with E-state index in [1.165, 1.54) is 24.3 Å². The van der Waals surface area contributed by atoms with Crippen LogP contribution in [0, 0.1) is 21.8 Å². The minimum Gasteiger partial charge on any atom is -0.352 e. The second-order valence-corrected chi connectivity index (χ2v) is 7.21. The van der Waals surface area contributed by atoms with E-state index >= 15 is 0 Å². The van der Waals surface area contributed by atoms with Gasteiger partial charge in [0.15, 0.2) is 0 Å². The molecule has 1 aliphatic carbocycles. The van der Waals surface area contributed by atoms with Crippen LogP contribution in [0.15, 0.2) is 42.0 Å². The highest BCUT2D eigenvalue weighted by atomic mass is 19.1. The topological polar surface area (TPSA) is 72.2 Å². The molecule has 5 nitrogen and oxygen atoms in total. The zero-order valence-electron chi connectivity index (χ0n) is 14.9. The standard InChI is InChI=1S/C21H19FN2O3/c1-12-17-10-15(22)11-19(14-2-4-16(5-3-14)24(26)27)20(17)9-13-6-7-23-21(25)18(12)8-13/h2-5,10-11,13H,6-9H2,1H3,(H,23,25). The highest BCUT2D eigenvalue weighted by molar-refractivity contribution is 6.02. The largest absolute Gasteiger partial charge is 0.352 e. The number of non-ortho nitro benzene ring substituents is 1. The Labute approximate surface area is 156 Å². The normalized spacial score (nSPS) is 19.0. The van der Waals surface area contributed by atoms with E-state index < -0.39 is 4.92 Å². The summed E-state index contributed by atoms with van der Waals surface area (Å²) in [4.78, 5) is 22.9. The molecule has 2 aliphatic rings. The summed E-state index contributed by atoms with van der Waals surface area (Å²) in [5.74, 6) is -0.141. The quantitative estimate of drug-likeness (QED) is 0.638. The van der Waals surface area contributed by atoms with Crippen LogP contribution in [0.1, 0.15) is 30.9 Å². The lowest BCUT2D eigenvalue weighted by Crippen LogP contribution is -2.24. The van der Waals surface area contributed by atoms with Crippen molar-refractivity contribution in [1.29, 1.82) is 0 Å². The smallest absolute Gasteiger partial charge is 0.269 e. The molecule has 0 radical (unpaired) electrons. The van der Waals surface area contributed by atoms with E-state index in [4.69, 9.17) is 0 Å². The minimum absolute atomic E-state index is 0.00329. The number of benzene rings is 2. The second-order valence-electron chi connectivity index (χ2n) is 7.21. The SMILES string of the molecule is CC1=C2CC(CCNC2=O)Cc2c1cc(F)cc2-c1ccc([N+](=O)[O-])cc1. The van der Waals surface area contributed by atoms with Gasteiger partial charge in [-0.2, -0.15) is 0 Å². The Morgan fingerprint density at radius 3 is 2.56 bits per heavy atom. The van der Waals surface area contributed by atoms with E-state index in [0.717, 1.165) is 46.2 Å². The molecule has 1 unspecified atom stereocenters. The van der Waals surface area contributed by atoms with Crippen LogP contribution in [0.3, 0.4) is 0 Å².